The van der Waals surface area contributed by atoms with Crippen molar-refractivity contribution in [3.63, 3.8) is 0 Å². The molecule has 0 heterocycles. The van der Waals surface area contributed by atoms with E-state index in [1.807, 2.05) is 0 Å². The first-order chi connectivity index (χ1) is 12.8. The summed E-state index contributed by atoms with van der Waals surface area (Å²) >= 11 is 2.39. The van der Waals surface area contributed by atoms with Crippen LogP contribution in [0, 0.1) is 3.57 Å². The van der Waals surface area contributed by atoms with Gasteiger partial charge in [0.05, 0.1) is 13.2 Å². The molecule has 1 atom stereocenters. The summed E-state index contributed by atoms with van der Waals surface area (Å²) in [6.07, 6.45) is 14.3. The highest BCUT2D eigenvalue weighted by molar-refractivity contribution is 14.1. The van der Waals surface area contributed by atoms with Gasteiger partial charge in [0.2, 0.25) is 0 Å². The molecule has 1 aromatic carbocycles. The van der Waals surface area contributed by atoms with Gasteiger partial charge in [-0.3, -0.25) is 0 Å². The number of methoxy groups -OCH3 is 1. The van der Waals surface area contributed by atoms with E-state index in [4.69, 9.17) is 14.6 Å². The molecule has 1 N–H and O–H groups in total. The number of hydrogen-bond acceptors (Lipinski definition) is 3. The van der Waals surface area contributed by atoms with Crippen LogP contribution in [0.4, 0.5) is 0 Å². The second kappa shape index (κ2) is 17.0. The van der Waals surface area contributed by atoms with Crippen molar-refractivity contribution in [3.05, 3.63) is 33.4 Å². The molecule has 0 fully saturated rings. The average Bonchev–Trinajstić information content (AvgIpc) is 2.65. The van der Waals surface area contributed by atoms with Crippen molar-refractivity contribution in [2.24, 2.45) is 0 Å². The van der Waals surface area contributed by atoms with Crippen LogP contribution >= 0.6 is 22.6 Å². The Labute approximate surface area is 174 Å². The number of aryl methyl sites for hydroxylation is 1. The van der Waals surface area contributed by atoms with Crippen LogP contribution in [0.2, 0.25) is 0 Å². The van der Waals surface area contributed by atoms with Crippen molar-refractivity contribution in [3.8, 4) is 0 Å². The highest BCUT2D eigenvalue weighted by Crippen LogP contribution is 2.14. The molecule has 1 aromatic rings. The number of ether oxygens (including phenoxy) is 2. The topological polar surface area (TPSA) is 38.7 Å². The fourth-order valence-corrected chi connectivity index (χ4v) is 3.66. The average molecular weight is 476 g/mol. The number of rotatable bonds is 17. The van der Waals surface area contributed by atoms with Gasteiger partial charge in [-0.05, 0) is 59.5 Å². The Bertz CT molecular complexity index is 435. The number of hydrogen-bond donors (Lipinski definition) is 1. The Kier molecular flexibility index (Phi) is 15.6. The molecule has 0 aliphatic heterocycles. The van der Waals surface area contributed by atoms with Crippen LogP contribution in [0.25, 0.3) is 0 Å². The molecule has 26 heavy (non-hydrogen) atoms. The Balaban J connectivity index is 1.78. The molecule has 0 spiro atoms. The second-order valence-corrected chi connectivity index (χ2v) is 8.28. The van der Waals surface area contributed by atoms with Crippen LogP contribution in [0.3, 0.4) is 0 Å². The number of aliphatic hydroxyl groups is 1. The van der Waals surface area contributed by atoms with Crippen LogP contribution in [0.15, 0.2) is 24.3 Å². The van der Waals surface area contributed by atoms with Gasteiger partial charge >= 0.3 is 0 Å². The molecular weight excluding hydrogens is 439 g/mol. The first-order valence-electron chi connectivity index (χ1n) is 10.2. The summed E-state index contributed by atoms with van der Waals surface area (Å²) in [5.41, 5.74) is 1.48. The third-order valence-electron chi connectivity index (χ3n) is 4.73. The third-order valence-corrected chi connectivity index (χ3v) is 5.40. The van der Waals surface area contributed by atoms with Crippen molar-refractivity contribution < 1.29 is 14.6 Å². The molecule has 1 rings (SSSR count). The van der Waals surface area contributed by atoms with E-state index in [1.54, 1.807) is 7.11 Å². The fourth-order valence-electron chi connectivity index (χ4n) is 3.05. The van der Waals surface area contributed by atoms with Gasteiger partial charge in [0.1, 0.15) is 6.10 Å². The van der Waals surface area contributed by atoms with Crippen molar-refractivity contribution in [2.45, 2.75) is 76.7 Å². The van der Waals surface area contributed by atoms with Gasteiger partial charge in [-0.1, -0.05) is 63.5 Å². The minimum Gasteiger partial charge on any atom is -0.394 e. The molecule has 0 amide bonds. The van der Waals surface area contributed by atoms with Gasteiger partial charge < -0.3 is 14.6 Å². The van der Waals surface area contributed by atoms with E-state index >= 15 is 0 Å². The van der Waals surface area contributed by atoms with E-state index in [-0.39, 0.29) is 12.7 Å². The SMILES string of the molecule is CO[C@H](CO)COCCCCCCCCCCCCc1cccc(I)c1. The van der Waals surface area contributed by atoms with E-state index in [2.05, 4.69) is 46.9 Å². The Morgan fingerprint density at radius 1 is 0.923 bits per heavy atom. The van der Waals surface area contributed by atoms with E-state index < -0.39 is 0 Å². The van der Waals surface area contributed by atoms with Crippen LogP contribution in [-0.2, 0) is 15.9 Å². The van der Waals surface area contributed by atoms with E-state index in [0.717, 1.165) is 13.0 Å². The van der Waals surface area contributed by atoms with Crippen molar-refractivity contribution in [1.29, 1.82) is 0 Å². The summed E-state index contributed by atoms with van der Waals surface area (Å²) in [5.74, 6) is 0. The molecule has 3 nitrogen and oxygen atoms in total. The Morgan fingerprint density at radius 3 is 2.12 bits per heavy atom. The lowest BCUT2D eigenvalue weighted by atomic mass is 10.0. The number of aliphatic hydroxyl groups excluding tert-OH is 1. The largest absolute Gasteiger partial charge is 0.394 e. The van der Waals surface area contributed by atoms with Crippen molar-refractivity contribution in [2.75, 3.05) is 26.9 Å². The third kappa shape index (κ3) is 13.1. The summed E-state index contributed by atoms with van der Waals surface area (Å²) in [5, 5.41) is 8.97. The van der Waals surface area contributed by atoms with Crippen molar-refractivity contribution in [1.82, 2.24) is 0 Å². The lowest BCUT2D eigenvalue weighted by Crippen LogP contribution is -2.22. The molecule has 0 aliphatic rings. The van der Waals surface area contributed by atoms with Gasteiger partial charge in [0.15, 0.2) is 0 Å². The van der Waals surface area contributed by atoms with Crippen LogP contribution in [0.5, 0.6) is 0 Å². The summed E-state index contributed by atoms with van der Waals surface area (Å²) in [6.45, 7) is 1.30. The van der Waals surface area contributed by atoms with Gasteiger partial charge in [-0.2, -0.15) is 0 Å². The summed E-state index contributed by atoms with van der Waals surface area (Å²) in [7, 11) is 1.61. The highest BCUT2D eigenvalue weighted by Gasteiger charge is 2.04. The smallest absolute Gasteiger partial charge is 0.103 e. The number of benzene rings is 1. The molecule has 0 aromatic heterocycles. The minimum atomic E-state index is -0.175. The molecular formula is C22H37IO3. The molecule has 0 bridgehead atoms. The molecule has 0 saturated heterocycles. The highest BCUT2D eigenvalue weighted by atomic mass is 127. The second-order valence-electron chi connectivity index (χ2n) is 7.03. The molecule has 0 aliphatic carbocycles. The molecule has 4 heteroatoms. The van der Waals surface area contributed by atoms with E-state index in [0.29, 0.717) is 6.61 Å². The lowest BCUT2D eigenvalue weighted by Gasteiger charge is -2.12. The van der Waals surface area contributed by atoms with Crippen LogP contribution in [-0.4, -0.2) is 38.1 Å². The number of halogens is 1. The van der Waals surface area contributed by atoms with Gasteiger partial charge in [-0.25, -0.2) is 0 Å². The van der Waals surface area contributed by atoms with E-state index in [1.165, 1.54) is 73.3 Å². The molecule has 150 valence electrons. The van der Waals surface area contributed by atoms with Crippen LogP contribution < -0.4 is 0 Å². The zero-order chi connectivity index (χ0) is 18.9. The monoisotopic (exact) mass is 476 g/mol. The zero-order valence-electron chi connectivity index (χ0n) is 16.4. The predicted molar refractivity (Wildman–Crippen MR) is 118 cm³/mol. The minimum absolute atomic E-state index is 0.0299. The fraction of sp³-hybridized carbons (Fsp3) is 0.727. The van der Waals surface area contributed by atoms with E-state index in [9.17, 15) is 0 Å². The quantitative estimate of drug-likeness (QED) is 0.230. The maximum atomic E-state index is 8.97. The van der Waals surface area contributed by atoms with Crippen LogP contribution in [0.1, 0.15) is 69.8 Å². The van der Waals surface area contributed by atoms with Crippen molar-refractivity contribution >= 4 is 22.6 Å². The normalized spacial score (nSPS) is 12.4. The summed E-state index contributed by atoms with van der Waals surface area (Å²) < 4.78 is 11.9. The van der Waals surface area contributed by atoms with Gasteiger partial charge in [0.25, 0.3) is 0 Å². The molecule has 0 unspecified atom stereocenters. The summed E-state index contributed by atoms with van der Waals surface area (Å²) in [6, 6.07) is 8.86. The standard InChI is InChI=1S/C22H37IO3/c1-25-22(18-24)19-26-16-11-9-7-5-3-2-4-6-8-10-13-20-14-12-15-21(23)17-20/h12,14-15,17,22,24H,2-11,13,16,18-19H2,1H3/t22-/m1/s1. The summed E-state index contributed by atoms with van der Waals surface area (Å²) in [4.78, 5) is 0. The number of unbranched alkanes of at least 4 members (excludes halogenated alkanes) is 9. The van der Waals surface area contributed by atoms with Gasteiger partial charge in [-0.15, -0.1) is 0 Å². The maximum absolute atomic E-state index is 8.97. The molecule has 0 saturated carbocycles. The molecule has 0 radical (unpaired) electrons. The first-order valence-corrected chi connectivity index (χ1v) is 11.3. The predicted octanol–water partition coefficient (Wildman–Crippen LogP) is 5.76. The lowest BCUT2D eigenvalue weighted by molar-refractivity contribution is -0.0205. The first kappa shape index (κ1) is 23.9. The zero-order valence-corrected chi connectivity index (χ0v) is 18.6. The Hall–Kier alpha value is -0.170. The van der Waals surface area contributed by atoms with Gasteiger partial charge in [0, 0.05) is 17.3 Å². The maximum Gasteiger partial charge on any atom is 0.103 e. The Morgan fingerprint density at radius 2 is 1.54 bits per heavy atom.